The molecule has 0 spiro atoms. The van der Waals surface area contributed by atoms with E-state index in [1.54, 1.807) is 0 Å². The van der Waals surface area contributed by atoms with Gasteiger partial charge in [-0.1, -0.05) is 23.3 Å². The first-order chi connectivity index (χ1) is 10.2. The Bertz CT molecular complexity index is 554. The fraction of sp³-hybridized carbons (Fsp3) is 0.533. The number of likely N-dealkylation sites (tertiary alicyclic amines) is 1. The summed E-state index contributed by atoms with van der Waals surface area (Å²) in [5, 5.41) is 3.58. The number of nitrogens with zero attached hydrogens (tertiary/aromatic N) is 4. The second kappa shape index (κ2) is 6.99. The Morgan fingerprint density at radius 1 is 1.52 bits per heavy atom. The number of carbonyl (C=O) groups excluding carboxylic acids is 1. The molecule has 112 valence electrons. The number of rotatable bonds is 6. The van der Waals surface area contributed by atoms with Crippen molar-refractivity contribution >= 4 is 5.91 Å². The molecule has 6 nitrogen and oxygen atoms in total. The molecule has 1 aromatic carbocycles. The van der Waals surface area contributed by atoms with E-state index in [4.69, 9.17) is 10.3 Å². The van der Waals surface area contributed by atoms with Gasteiger partial charge in [0.05, 0.1) is 12.6 Å². The molecule has 0 N–H and O–H groups in total. The smallest absolute Gasteiger partial charge is 0.223 e. The van der Waals surface area contributed by atoms with Crippen LogP contribution < -0.4 is 4.74 Å². The van der Waals surface area contributed by atoms with Crippen LogP contribution in [0.25, 0.3) is 10.4 Å². The molecule has 1 amide bonds. The van der Waals surface area contributed by atoms with Gasteiger partial charge in [-0.05, 0) is 31.4 Å². The highest BCUT2D eigenvalue weighted by atomic mass is 16.5. The molecule has 1 fully saturated rings. The molecular weight excluding hydrogens is 268 g/mol. The largest absolute Gasteiger partial charge is 0.494 e. The predicted molar refractivity (Wildman–Crippen MR) is 79.9 cm³/mol. The zero-order chi connectivity index (χ0) is 15.2. The molecule has 21 heavy (non-hydrogen) atoms. The number of hydrogen-bond donors (Lipinski definition) is 0. The van der Waals surface area contributed by atoms with Crippen molar-refractivity contribution in [3.05, 3.63) is 40.3 Å². The average Bonchev–Trinajstić information content (AvgIpc) is 2.86. The summed E-state index contributed by atoms with van der Waals surface area (Å²) in [6.45, 7) is 5.54. The quantitative estimate of drug-likeness (QED) is 0.457. The van der Waals surface area contributed by atoms with Crippen LogP contribution in [-0.4, -0.2) is 30.5 Å². The minimum atomic E-state index is -0.0451. The first-order valence-corrected chi connectivity index (χ1v) is 7.19. The van der Waals surface area contributed by atoms with Crippen molar-refractivity contribution in [3.8, 4) is 5.75 Å². The van der Waals surface area contributed by atoms with Gasteiger partial charge in [-0.3, -0.25) is 4.79 Å². The predicted octanol–water partition coefficient (Wildman–Crippen LogP) is 3.31. The van der Waals surface area contributed by atoms with Crippen molar-refractivity contribution in [2.75, 3.05) is 19.7 Å². The normalized spacial score (nSPS) is 19.2. The third-order valence-corrected chi connectivity index (χ3v) is 3.78. The highest BCUT2D eigenvalue weighted by molar-refractivity contribution is 5.79. The Labute approximate surface area is 124 Å². The maximum atomic E-state index is 12.2. The number of azide groups is 1. The van der Waals surface area contributed by atoms with Crippen LogP contribution in [0, 0.1) is 5.92 Å². The molecule has 1 saturated heterocycles. The van der Waals surface area contributed by atoms with Crippen LogP contribution in [0.4, 0.5) is 0 Å². The van der Waals surface area contributed by atoms with Crippen molar-refractivity contribution in [2.45, 2.75) is 26.3 Å². The fourth-order valence-electron chi connectivity index (χ4n) is 2.74. The van der Waals surface area contributed by atoms with E-state index in [0.29, 0.717) is 26.1 Å². The maximum Gasteiger partial charge on any atom is 0.223 e. The minimum absolute atomic E-state index is 0.0451. The van der Waals surface area contributed by atoms with Gasteiger partial charge in [0.15, 0.2) is 0 Å². The van der Waals surface area contributed by atoms with E-state index >= 15 is 0 Å². The van der Waals surface area contributed by atoms with Gasteiger partial charge in [-0.2, -0.15) is 0 Å². The molecule has 1 aromatic rings. The Balaban J connectivity index is 2.14. The average molecular weight is 288 g/mol. The lowest BCUT2D eigenvalue weighted by Gasteiger charge is -2.26. The van der Waals surface area contributed by atoms with Gasteiger partial charge in [0, 0.05) is 30.0 Å². The molecular formula is C15H20N4O2. The first kappa shape index (κ1) is 15.2. The monoisotopic (exact) mass is 288 g/mol. The summed E-state index contributed by atoms with van der Waals surface area (Å²) in [5.41, 5.74) is 9.40. The molecule has 0 bridgehead atoms. The van der Waals surface area contributed by atoms with Gasteiger partial charge in [0.25, 0.3) is 0 Å². The van der Waals surface area contributed by atoms with Crippen molar-refractivity contribution in [1.29, 1.82) is 0 Å². The summed E-state index contributed by atoms with van der Waals surface area (Å²) in [4.78, 5) is 16.8. The summed E-state index contributed by atoms with van der Waals surface area (Å²) in [7, 11) is 0. The fourth-order valence-corrected chi connectivity index (χ4v) is 2.74. The van der Waals surface area contributed by atoms with Crippen molar-refractivity contribution in [2.24, 2.45) is 11.0 Å². The number of carbonyl (C=O) groups is 1. The lowest BCUT2D eigenvalue weighted by Crippen LogP contribution is -2.29. The van der Waals surface area contributed by atoms with Gasteiger partial charge in [0.2, 0.25) is 5.91 Å². The van der Waals surface area contributed by atoms with Crippen LogP contribution in [0.15, 0.2) is 29.4 Å². The summed E-state index contributed by atoms with van der Waals surface area (Å²) in [6, 6.07) is 7.75. The lowest BCUT2D eigenvalue weighted by molar-refractivity contribution is -0.129. The van der Waals surface area contributed by atoms with E-state index in [9.17, 15) is 4.79 Å². The summed E-state index contributed by atoms with van der Waals surface area (Å²) in [6.07, 6.45) is 0.445. The molecule has 2 unspecified atom stereocenters. The summed E-state index contributed by atoms with van der Waals surface area (Å²) < 4.78 is 5.64. The number of para-hydroxylation sites is 1. The molecule has 2 rings (SSSR count). The zero-order valence-corrected chi connectivity index (χ0v) is 12.4. The van der Waals surface area contributed by atoms with E-state index in [1.165, 1.54) is 0 Å². The molecule has 2 atom stereocenters. The Hall–Kier alpha value is -2.20. The first-order valence-electron chi connectivity index (χ1n) is 7.19. The molecule has 0 aliphatic carbocycles. The van der Waals surface area contributed by atoms with Gasteiger partial charge in [0.1, 0.15) is 5.75 Å². The van der Waals surface area contributed by atoms with Crippen LogP contribution in [0.5, 0.6) is 5.75 Å². The Morgan fingerprint density at radius 2 is 2.29 bits per heavy atom. The molecule has 1 heterocycles. The molecule has 0 radical (unpaired) electrons. The summed E-state index contributed by atoms with van der Waals surface area (Å²) in [5.74, 6) is 1.03. The van der Waals surface area contributed by atoms with Gasteiger partial charge < -0.3 is 9.64 Å². The number of amides is 1. The molecule has 0 aromatic heterocycles. The summed E-state index contributed by atoms with van der Waals surface area (Å²) >= 11 is 0. The molecule has 1 aliphatic rings. The Morgan fingerprint density at radius 3 is 3.00 bits per heavy atom. The van der Waals surface area contributed by atoms with Gasteiger partial charge in [-0.15, -0.1) is 0 Å². The van der Waals surface area contributed by atoms with Crippen molar-refractivity contribution in [1.82, 2.24) is 4.90 Å². The van der Waals surface area contributed by atoms with Crippen molar-refractivity contribution < 1.29 is 9.53 Å². The van der Waals surface area contributed by atoms with Gasteiger partial charge >= 0.3 is 0 Å². The van der Waals surface area contributed by atoms with Gasteiger partial charge in [-0.25, -0.2) is 0 Å². The van der Waals surface area contributed by atoms with Crippen LogP contribution in [0.1, 0.15) is 31.9 Å². The standard InChI is InChI=1S/C15H20N4O2/c1-3-21-14-7-5-4-6-13(14)11(2)19-10-12(8-15(19)20)9-17-18-16/h4-7,11-12H,3,8-10H2,1-2H3. The third-order valence-electron chi connectivity index (χ3n) is 3.78. The van der Waals surface area contributed by atoms with E-state index in [1.807, 2.05) is 43.0 Å². The van der Waals surface area contributed by atoms with Crippen LogP contribution >= 0.6 is 0 Å². The van der Waals surface area contributed by atoms with E-state index in [0.717, 1.165) is 11.3 Å². The van der Waals surface area contributed by atoms with Crippen LogP contribution in [0.3, 0.4) is 0 Å². The number of ether oxygens (including phenoxy) is 1. The molecule has 6 heteroatoms. The lowest BCUT2D eigenvalue weighted by atomic mass is 10.1. The maximum absolute atomic E-state index is 12.2. The Kier molecular flexibility index (Phi) is 5.06. The van der Waals surface area contributed by atoms with E-state index < -0.39 is 0 Å². The van der Waals surface area contributed by atoms with Crippen LogP contribution in [0.2, 0.25) is 0 Å². The van der Waals surface area contributed by atoms with E-state index in [2.05, 4.69) is 10.0 Å². The zero-order valence-electron chi connectivity index (χ0n) is 12.4. The number of hydrogen-bond acceptors (Lipinski definition) is 3. The second-order valence-corrected chi connectivity index (χ2v) is 5.18. The molecule has 1 aliphatic heterocycles. The van der Waals surface area contributed by atoms with E-state index in [-0.39, 0.29) is 17.9 Å². The minimum Gasteiger partial charge on any atom is -0.494 e. The molecule has 0 saturated carbocycles. The van der Waals surface area contributed by atoms with Crippen LogP contribution in [-0.2, 0) is 4.79 Å². The third kappa shape index (κ3) is 3.47. The highest BCUT2D eigenvalue weighted by Crippen LogP contribution is 2.33. The topological polar surface area (TPSA) is 78.3 Å². The number of benzene rings is 1. The van der Waals surface area contributed by atoms with Crippen molar-refractivity contribution in [3.63, 3.8) is 0 Å². The SMILES string of the molecule is CCOc1ccccc1C(C)N1CC(CN=[N+]=[N-])CC1=O. The second-order valence-electron chi connectivity index (χ2n) is 5.18. The highest BCUT2D eigenvalue weighted by Gasteiger charge is 2.33.